The fourth-order valence-corrected chi connectivity index (χ4v) is 8.41. The highest BCUT2D eigenvalue weighted by Crippen LogP contribution is 2.66. The van der Waals surface area contributed by atoms with Gasteiger partial charge in [-0.2, -0.15) is 0 Å². The largest absolute Gasteiger partial charge is 0.491 e. The van der Waals surface area contributed by atoms with Crippen molar-refractivity contribution in [2.24, 2.45) is 11.7 Å². The van der Waals surface area contributed by atoms with Gasteiger partial charge >= 0.3 is 24.1 Å². The second kappa shape index (κ2) is 16.8. The average molecular weight is 789 g/mol. The Labute approximate surface area is 333 Å². The van der Waals surface area contributed by atoms with Crippen LogP contribution in [0.5, 0.6) is 5.75 Å². The summed E-state index contributed by atoms with van der Waals surface area (Å²) in [4.78, 5) is 72.3. The van der Waals surface area contributed by atoms with Crippen LogP contribution < -0.4 is 20.7 Å². The maximum absolute atomic E-state index is 15.7. The van der Waals surface area contributed by atoms with Crippen molar-refractivity contribution in [2.45, 2.75) is 29.6 Å². The molecule has 298 valence electrons. The zero-order valence-electron chi connectivity index (χ0n) is 31.3. The van der Waals surface area contributed by atoms with Crippen LogP contribution in [0, 0.1) is 17.8 Å². The summed E-state index contributed by atoms with van der Waals surface area (Å²) in [7, 11) is 1.42. The van der Waals surface area contributed by atoms with E-state index in [0.29, 0.717) is 28.0 Å². The van der Waals surface area contributed by atoms with Gasteiger partial charge in [0, 0.05) is 12.7 Å². The highest BCUT2D eigenvalue weighted by Gasteiger charge is 2.76. The first-order valence-electron chi connectivity index (χ1n) is 18.4. The molecule has 4 aromatic carbocycles. The molecule has 7 rings (SSSR count). The van der Waals surface area contributed by atoms with Crippen LogP contribution >= 0.6 is 0 Å². The minimum absolute atomic E-state index is 0.00740. The van der Waals surface area contributed by atoms with Crippen LogP contribution in [0.15, 0.2) is 103 Å². The lowest BCUT2D eigenvalue weighted by atomic mass is 9.65. The van der Waals surface area contributed by atoms with E-state index in [0.717, 1.165) is 4.90 Å². The summed E-state index contributed by atoms with van der Waals surface area (Å²) in [6.07, 6.45) is -2.04. The van der Waals surface area contributed by atoms with Gasteiger partial charge in [-0.3, -0.25) is 19.3 Å². The molecule has 5 N–H and O–H groups in total. The molecule has 0 radical (unpaired) electrons. The van der Waals surface area contributed by atoms with Crippen molar-refractivity contribution in [1.29, 1.82) is 0 Å². The van der Waals surface area contributed by atoms with Crippen LogP contribution in [0.25, 0.3) is 0 Å². The van der Waals surface area contributed by atoms with Crippen molar-refractivity contribution < 1.29 is 53.1 Å². The number of nitrogens with zero attached hydrogens (tertiary/aromatic N) is 2. The summed E-state index contributed by atoms with van der Waals surface area (Å²) in [6.45, 7) is -0.536. The fraction of sp³-hybridized carbons (Fsp3) is 0.279. The van der Waals surface area contributed by atoms with Gasteiger partial charge in [0.2, 0.25) is 5.91 Å². The van der Waals surface area contributed by atoms with E-state index >= 15 is 4.79 Å². The Morgan fingerprint density at radius 2 is 1.57 bits per heavy atom. The highest BCUT2D eigenvalue weighted by molar-refractivity contribution is 6.23. The van der Waals surface area contributed by atoms with E-state index in [1.165, 1.54) is 19.2 Å². The standard InChI is InChI=1S/C43H40N4O11/c1-55-23-24-57-42(54)46-32-19-14-26(9-8-20-45-41(44)53)25-31(32)43(40(46)52)33(38(49)50)35-39(51)58-36(28-12-6-3-7-13-28)34(27-10-4-2-5-11-27)47(35)37(43)29-15-17-30(18-16-29)56-22-21-48/h2-7,10-19,25,33-37,48H,20-24H2,1H3,(H,49,50)(H3,44,45,53)/t33-,34-,35-,36+,37+,43-/m0/s1. The lowest BCUT2D eigenvalue weighted by Crippen LogP contribution is -2.53. The number of hydrogen-bond donors (Lipinski definition) is 4. The van der Waals surface area contributed by atoms with Gasteiger partial charge < -0.3 is 40.2 Å². The number of carbonyl (C=O) groups excluding carboxylic acids is 4. The topological polar surface area (TPSA) is 207 Å². The number of nitrogens with two attached hydrogens (primary N) is 1. The fourth-order valence-electron chi connectivity index (χ4n) is 8.41. The molecule has 6 atom stereocenters. The van der Waals surface area contributed by atoms with Crippen LogP contribution in [0.4, 0.5) is 15.3 Å². The molecule has 15 nitrogen and oxygen atoms in total. The average Bonchev–Trinajstić information content (AvgIpc) is 3.69. The quantitative estimate of drug-likeness (QED) is 0.0977. The van der Waals surface area contributed by atoms with Gasteiger partial charge in [-0.05, 0) is 52.6 Å². The number of aliphatic hydroxyl groups is 1. The molecule has 0 bridgehead atoms. The van der Waals surface area contributed by atoms with Crippen molar-refractivity contribution in [3.63, 3.8) is 0 Å². The van der Waals surface area contributed by atoms with Gasteiger partial charge in [0.15, 0.2) is 0 Å². The molecule has 3 aliphatic rings. The number of rotatable bonds is 11. The molecule has 0 unspecified atom stereocenters. The number of aliphatic carboxylic acids is 1. The number of hydrogen-bond acceptors (Lipinski definition) is 11. The summed E-state index contributed by atoms with van der Waals surface area (Å²) >= 11 is 0. The molecule has 1 spiro atoms. The molecule has 0 aliphatic carbocycles. The lowest BCUT2D eigenvalue weighted by Gasteiger charge is -2.46. The number of carbonyl (C=O) groups is 5. The van der Waals surface area contributed by atoms with E-state index in [9.17, 15) is 29.4 Å². The number of cyclic esters (lactones) is 1. The van der Waals surface area contributed by atoms with Crippen LogP contribution in [0.1, 0.15) is 46.0 Å². The molecule has 15 heteroatoms. The molecular weight excluding hydrogens is 748 g/mol. The molecule has 0 aromatic heterocycles. The number of aliphatic hydroxyl groups excluding tert-OH is 1. The second-order valence-corrected chi connectivity index (χ2v) is 13.7. The summed E-state index contributed by atoms with van der Waals surface area (Å²) in [5.41, 5.74) is 5.21. The van der Waals surface area contributed by atoms with Gasteiger partial charge in [0.1, 0.15) is 42.4 Å². The minimum Gasteiger partial charge on any atom is -0.491 e. The van der Waals surface area contributed by atoms with E-state index in [4.69, 9.17) is 24.7 Å². The SMILES string of the molecule is COCCOC(=O)N1C(=O)[C@@]2(c3cc(C#CCNC(N)=O)ccc31)[C@H](C(=O)O)[C@H]1C(=O)O[C@H](c3ccccc3)[C@H](c3ccccc3)N1[C@@H]2c1ccc(OCCO)cc1. The number of nitrogens with one attached hydrogen (secondary N) is 1. The molecule has 2 fully saturated rings. The Bertz CT molecular complexity index is 2260. The third-order valence-electron chi connectivity index (χ3n) is 10.6. The number of esters is 1. The number of urea groups is 1. The molecular formula is C43H40N4O11. The third-order valence-corrected chi connectivity index (χ3v) is 10.6. The number of carboxylic acids is 1. The monoisotopic (exact) mass is 788 g/mol. The number of ether oxygens (including phenoxy) is 4. The zero-order valence-corrected chi connectivity index (χ0v) is 31.3. The third kappa shape index (κ3) is 6.98. The Kier molecular flexibility index (Phi) is 11.4. The van der Waals surface area contributed by atoms with E-state index in [1.807, 2.05) is 48.5 Å². The molecule has 58 heavy (non-hydrogen) atoms. The minimum atomic E-state index is -2.19. The van der Waals surface area contributed by atoms with E-state index in [-0.39, 0.29) is 44.2 Å². The molecule has 0 saturated carbocycles. The highest BCUT2D eigenvalue weighted by atomic mass is 16.6. The Hall–Kier alpha value is -6.73. The Morgan fingerprint density at radius 3 is 2.21 bits per heavy atom. The maximum atomic E-state index is 15.7. The number of morpholine rings is 1. The van der Waals surface area contributed by atoms with Gasteiger partial charge in [-0.15, -0.1) is 0 Å². The van der Waals surface area contributed by atoms with Gasteiger partial charge in [-0.25, -0.2) is 14.5 Å². The maximum Gasteiger partial charge on any atom is 0.421 e. The van der Waals surface area contributed by atoms with Crippen molar-refractivity contribution in [3.8, 4) is 17.6 Å². The first-order chi connectivity index (χ1) is 28.1. The van der Waals surface area contributed by atoms with Crippen molar-refractivity contribution in [1.82, 2.24) is 10.2 Å². The zero-order chi connectivity index (χ0) is 41.0. The molecule has 2 saturated heterocycles. The molecule has 4 aromatic rings. The normalized spacial score (nSPS) is 23.3. The number of benzene rings is 4. The Balaban J connectivity index is 1.53. The van der Waals surface area contributed by atoms with E-state index in [2.05, 4.69) is 17.2 Å². The van der Waals surface area contributed by atoms with Gasteiger partial charge in [0.25, 0.3) is 0 Å². The smallest absolute Gasteiger partial charge is 0.421 e. The number of methoxy groups -OCH3 is 1. The molecule has 3 aliphatic heterocycles. The first kappa shape index (κ1) is 39.5. The predicted molar refractivity (Wildman–Crippen MR) is 206 cm³/mol. The van der Waals surface area contributed by atoms with Crippen molar-refractivity contribution in [3.05, 3.63) is 131 Å². The summed E-state index contributed by atoms with van der Waals surface area (Å²) in [5.74, 6) is 0.978. The van der Waals surface area contributed by atoms with Crippen LogP contribution in [0.3, 0.4) is 0 Å². The van der Waals surface area contributed by atoms with Crippen LogP contribution in [0.2, 0.25) is 0 Å². The predicted octanol–water partition coefficient (Wildman–Crippen LogP) is 3.61. The first-order valence-corrected chi connectivity index (χ1v) is 18.4. The van der Waals surface area contributed by atoms with E-state index in [1.54, 1.807) is 47.4 Å². The number of amides is 4. The summed E-state index contributed by atoms with van der Waals surface area (Å²) in [6, 6.07) is 24.9. The van der Waals surface area contributed by atoms with Crippen molar-refractivity contribution in [2.75, 3.05) is 45.0 Å². The van der Waals surface area contributed by atoms with Crippen molar-refractivity contribution >= 4 is 35.7 Å². The number of imide groups is 1. The number of anilines is 1. The van der Waals surface area contributed by atoms with Crippen LogP contribution in [-0.2, 0) is 34.0 Å². The lowest BCUT2D eigenvalue weighted by molar-refractivity contribution is -0.179. The number of carboxylic acid groups (broad SMARTS) is 1. The summed E-state index contributed by atoms with van der Waals surface area (Å²) in [5, 5.41) is 23.2. The molecule has 4 amide bonds. The number of primary amides is 1. The summed E-state index contributed by atoms with van der Waals surface area (Å²) < 4.78 is 22.5. The molecule has 3 heterocycles. The second-order valence-electron chi connectivity index (χ2n) is 13.7. The number of fused-ring (bicyclic) bond motifs is 3. The van der Waals surface area contributed by atoms with Gasteiger partial charge in [0.05, 0.1) is 37.5 Å². The van der Waals surface area contributed by atoms with E-state index < -0.39 is 65.5 Å². The van der Waals surface area contributed by atoms with Crippen LogP contribution in [-0.4, -0.2) is 91.2 Å². The Morgan fingerprint density at radius 1 is 0.879 bits per heavy atom. The van der Waals surface area contributed by atoms with Gasteiger partial charge in [-0.1, -0.05) is 84.6 Å².